The maximum absolute atomic E-state index is 12.5. The van der Waals surface area contributed by atoms with Crippen molar-refractivity contribution >= 4 is 35.0 Å². The standard InChI is InChI=1S/C17H21Cl2N5O3/c1-20-14(25)5-9-3-4-10(7-21-9)23-17(26)13-6-11(16(19)27-13)15-12(18)8-22-24(15)2/h6,8-10,21H,3-5,7H2,1-2H3,(H,20,25)(H,23,26). The Morgan fingerprint density at radius 2 is 2.19 bits per heavy atom. The van der Waals surface area contributed by atoms with Gasteiger partial charge in [-0.15, -0.1) is 0 Å². The van der Waals surface area contributed by atoms with Gasteiger partial charge in [-0.25, -0.2) is 0 Å². The number of hydrogen-bond donors (Lipinski definition) is 3. The number of piperidine rings is 1. The number of amides is 2. The molecule has 27 heavy (non-hydrogen) atoms. The van der Waals surface area contributed by atoms with Gasteiger partial charge in [0.15, 0.2) is 5.76 Å². The lowest BCUT2D eigenvalue weighted by molar-refractivity contribution is -0.121. The number of carbonyl (C=O) groups is 2. The molecule has 2 aromatic rings. The molecule has 2 amide bonds. The van der Waals surface area contributed by atoms with E-state index in [1.807, 2.05) is 0 Å². The zero-order valence-corrected chi connectivity index (χ0v) is 16.5. The maximum atomic E-state index is 12.5. The Hall–Kier alpha value is -2.03. The quantitative estimate of drug-likeness (QED) is 0.695. The number of nitrogens with one attached hydrogen (secondary N) is 3. The van der Waals surface area contributed by atoms with E-state index >= 15 is 0 Å². The Bertz CT molecular complexity index is 820. The number of aromatic nitrogens is 2. The highest BCUT2D eigenvalue weighted by molar-refractivity contribution is 6.35. The van der Waals surface area contributed by atoms with Crippen molar-refractivity contribution in [2.75, 3.05) is 13.6 Å². The van der Waals surface area contributed by atoms with Crippen LogP contribution in [-0.2, 0) is 11.8 Å². The van der Waals surface area contributed by atoms with Gasteiger partial charge in [0.25, 0.3) is 5.91 Å². The van der Waals surface area contributed by atoms with Gasteiger partial charge in [-0.2, -0.15) is 5.10 Å². The summed E-state index contributed by atoms with van der Waals surface area (Å²) in [5, 5.41) is 13.4. The lowest BCUT2D eigenvalue weighted by atomic mass is 9.98. The van der Waals surface area contributed by atoms with Gasteiger partial charge < -0.3 is 20.4 Å². The number of rotatable bonds is 5. The molecule has 1 saturated heterocycles. The molecule has 0 radical (unpaired) electrons. The third-order valence-electron chi connectivity index (χ3n) is 4.62. The van der Waals surface area contributed by atoms with Crippen LogP contribution in [0.25, 0.3) is 11.3 Å². The van der Waals surface area contributed by atoms with Crippen molar-refractivity contribution in [3.8, 4) is 11.3 Å². The first kappa shape index (κ1) is 19.7. The third-order valence-corrected chi connectivity index (χ3v) is 5.18. The van der Waals surface area contributed by atoms with Crippen LogP contribution < -0.4 is 16.0 Å². The van der Waals surface area contributed by atoms with Crippen molar-refractivity contribution in [1.82, 2.24) is 25.7 Å². The largest absolute Gasteiger partial charge is 0.439 e. The molecule has 1 fully saturated rings. The van der Waals surface area contributed by atoms with Gasteiger partial charge in [0.2, 0.25) is 11.1 Å². The van der Waals surface area contributed by atoms with E-state index in [4.69, 9.17) is 27.6 Å². The summed E-state index contributed by atoms with van der Waals surface area (Å²) < 4.78 is 6.99. The van der Waals surface area contributed by atoms with Crippen molar-refractivity contribution in [3.05, 3.63) is 28.3 Å². The van der Waals surface area contributed by atoms with Crippen molar-refractivity contribution in [2.24, 2.45) is 7.05 Å². The molecule has 2 aromatic heterocycles. The Kier molecular flexibility index (Phi) is 6.08. The Labute approximate surface area is 166 Å². The monoisotopic (exact) mass is 413 g/mol. The first-order chi connectivity index (χ1) is 12.9. The maximum Gasteiger partial charge on any atom is 0.287 e. The average molecular weight is 414 g/mol. The molecular weight excluding hydrogens is 393 g/mol. The van der Waals surface area contributed by atoms with E-state index in [0.29, 0.717) is 29.2 Å². The molecule has 2 atom stereocenters. The molecule has 1 aliphatic rings. The predicted octanol–water partition coefficient (Wildman–Crippen LogP) is 1.97. The summed E-state index contributed by atoms with van der Waals surface area (Å²) in [6, 6.07) is 1.63. The summed E-state index contributed by atoms with van der Waals surface area (Å²) >= 11 is 12.3. The van der Waals surface area contributed by atoms with Crippen LogP contribution in [-0.4, -0.2) is 47.3 Å². The second-order valence-corrected chi connectivity index (χ2v) is 7.24. The van der Waals surface area contributed by atoms with Crippen LogP contribution in [0.5, 0.6) is 0 Å². The zero-order chi connectivity index (χ0) is 19.6. The highest BCUT2D eigenvalue weighted by Crippen LogP contribution is 2.35. The number of carbonyl (C=O) groups excluding carboxylic acids is 2. The molecule has 3 heterocycles. The van der Waals surface area contributed by atoms with E-state index in [1.54, 1.807) is 24.8 Å². The molecule has 146 valence electrons. The molecule has 3 rings (SSSR count). The summed E-state index contributed by atoms with van der Waals surface area (Å²) in [4.78, 5) is 24.0. The SMILES string of the molecule is CNC(=O)CC1CCC(NC(=O)c2cc(-c3c(Cl)cnn3C)c(Cl)o2)CN1. The van der Waals surface area contributed by atoms with Crippen LogP contribution in [0.1, 0.15) is 29.8 Å². The number of nitrogens with zero attached hydrogens (tertiary/aromatic N) is 2. The topological polar surface area (TPSA) is 101 Å². The normalized spacial score (nSPS) is 19.7. The number of aryl methyl sites for hydroxylation is 1. The Balaban J connectivity index is 1.61. The van der Waals surface area contributed by atoms with Gasteiger partial charge in [-0.1, -0.05) is 11.6 Å². The van der Waals surface area contributed by atoms with Gasteiger partial charge in [-0.05, 0) is 24.4 Å². The third kappa shape index (κ3) is 4.45. The lowest BCUT2D eigenvalue weighted by Gasteiger charge is -2.29. The van der Waals surface area contributed by atoms with E-state index < -0.39 is 0 Å². The molecule has 0 bridgehead atoms. The highest BCUT2D eigenvalue weighted by atomic mass is 35.5. The molecule has 10 heteroatoms. The fourth-order valence-corrected chi connectivity index (χ4v) is 3.65. The van der Waals surface area contributed by atoms with Crippen molar-refractivity contribution in [3.63, 3.8) is 0 Å². The van der Waals surface area contributed by atoms with Crippen LogP contribution in [0.15, 0.2) is 16.7 Å². The Morgan fingerprint density at radius 1 is 1.41 bits per heavy atom. The van der Waals surface area contributed by atoms with Crippen molar-refractivity contribution in [2.45, 2.75) is 31.3 Å². The van der Waals surface area contributed by atoms with Crippen LogP contribution in [0, 0.1) is 0 Å². The van der Waals surface area contributed by atoms with E-state index in [-0.39, 0.29) is 34.9 Å². The first-order valence-electron chi connectivity index (χ1n) is 8.61. The molecule has 1 aliphatic heterocycles. The second kappa shape index (κ2) is 8.33. The highest BCUT2D eigenvalue weighted by Gasteiger charge is 2.26. The van der Waals surface area contributed by atoms with Gasteiger partial charge in [0.05, 0.1) is 22.5 Å². The number of hydrogen-bond acceptors (Lipinski definition) is 5. The molecule has 0 saturated carbocycles. The summed E-state index contributed by atoms with van der Waals surface area (Å²) in [6.45, 7) is 0.586. The van der Waals surface area contributed by atoms with Crippen LogP contribution in [0.3, 0.4) is 0 Å². The summed E-state index contributed by atoms with van der Waals surface area (Å²) in [6.07, 6.45) is 3.51. The second-order valence-electron chi connectivity index (χ2n) is 6.49. The summed E-state index contributed by atoms with van der Waals surface area (Å²) in [5.74, 6) is -0.237. The van der Waals surface area contributed by atoms with Crippen molar-refractivity contribution in [1.29, 1.82) is 0 Å². The van der Waals surface area contributed by atoms with E-state index in [1.165, 1.54) is 6.20 Å². The first-order valence-corrected chi connectivity index (χ1v) is 9.36. The fourth-order valence-electron chi connectivity index (χ4n) is 3.15. The molecule has 2 unspecified atom stereocenters. The Morgan fingerprint density at radius 3 is 2.78 bits per heavy atom. The minimum absolute atomic E-state index is 0.00145. The van der Waals surface area contributed by atoms with E-state index in [2.05, 4.69) is 21.0 Å². The number of halogens is 2. The molecule has 3 N–H and O–H groups in total. The zero-order valence-electron chi connectivity index (χ0n) is 15.0. The van der Waals surface area contributed by atoms with Gasteiger partial charge in [0, 0.05) is 45.2 Å². The van der Waals surface area contributed by atoms with Crippen LogP contribution in [0.4, 0.5) is 0 Å². The minimum atomic E-state index is -0.349. The van der Waals surface area contributed by atoms with Crippen LogP contribution >= 0.6 is 23.2 Å². The van der Waals surface area contributed by atoms with Crippen molar-refractivity contribution < 1.29 is 14.0 Å². The van der Waals surface area contributed by atoms with Gasteiger partial charge in [0.1, 0.15) is 0 Å². The molecule has 0 spiro atoms. The predicted molar refractivity (Wildman–Crippen MR) is 102 cm³/mol. The summed E-state index contributed by atoms with van der Waals surface area (Å²) in [7, 11) is 3.35. The molecule has 8 nitrogen and oxygen atoms in total. The fraction of sp³-hybridized carbons (Fsp3) is 0.471. The van der Waals surface area contributed by atoms with E-state index in [0.717, 1.165) is 12.8 Å². The number of furan rings is 1. The molecular formula is C17H21Cl2N5O3. The molecule has 0 aliphatic carbocycles. The van der Waals surface area contributed by atoms with E-state index in [9.17, 15) is 9.59 Å². The van der Waals surface area contributed by atoms with Crippen LogP contribution in [0.2, 0.25) is 10.2 Å². The molecule has 0 aromatic carbocycles. The lowest BCUT2D eigenvalue weighted by Crippen LogP contribution is -2.50. The summed E-state index contributed by atoms with van der Waals surface area (Å²) in [5.41, 5.74) is 1.10. The van der Waals surface area contributed by atoms with Gasteiger partial charge >= 0.3 is 0 Å². The average Bonchev–Trinajstić information content (AvgIpc) is 3.18. The van der Waals surface area contributed by atoms with Gasteiger partial charge in [-0.3, -0.25) is 14.3 Å². The minimum Gasteiger partial charge on any atom is -0.439 e. The smallest absolute Gasteiger partial charge is 0.287 e.